The molecule has 238 valence electrons. The Morgan fingerprint density at radius 3 is 1.80 bits per heavy atom. The smallest absolute Gasteiger partial charge is 0.422 e. The highest BCUT2D eigenvalue weighted by atomic mass is 32.2. The molecule has 4 aromatic rings. The van der Waals surface area contributed by atoms with Gasteiger partial charge in [0.15, 0.2) is 23.3 Å². The van der Waals surface area contributed by atoms with E-state index in [1.54, 1.807) is 11.4 Å². The second-order valence-corrected chi connectivity index (χ2v) is 10.4. The normalized spacial score (nSPS) is 11.9. The molecule has 0 spiro atoms. The lowest BCUT2D eigenvalue weighted by Crippen LogP contribution is -2.23. The predicted octanol–water partition coefficient (Wildman–Crippen LogP) is 7.38. The summed E-state index contributed by atoms with van der Waals surface area (Å²) in [4.78, 5) is 49.0. The molecule has 0 aliphatic carbocycles. The first-order chi connectivity index (χ1) is 21.6. The molecule has 16 heteroatoms. The first-order valence-corrected chi connectivity index (χ1v) is 13.5. The van der Waals surface area contributed by atoms with Crippen molar-refractivity contribution in [1.29, 1.82) is 0 Å². The molecule has 1 unspecified atom stereocenters. The Kier molecular flexibility index (Phi) is 9.70. The van der Waals surface area contributed by atoms with Gasteiger partial charge < -0.3 is 20.8 Å². The van der Waals surface area contributed by atoms with Crippen molar-refractivity contribution in [3.05, 3.63) is 124 Å². The number of nitrogens with one attached hydrogen (secondary N) is 2. The van der Waals surface area contributed by atoms with Gasteiger partial charge in [-0.1, -0.05) is 30.3 Å². The van der Waals surface area contributed by atoms with E-state index in [-0.39, 0.29) is 22.4 Å². The molecule has 46 heavy (non-hydrogen) atoms. The van der Waals surface area contributed by atoms with Gasteiger partial charge in [-0.05, 0) is 48.0 Å². The van der Waals surface area contributed by atoms with Gasteiger partial charge in [0.1, 0.15) is 16.5 Å². The quantitative estimate of drug-likeness (QED) is 0.0833. The van der Waals surface area contributed by atoms with Gasteiger partial charge in [0, 0.05) is 10.6 Å². The number of halogens is 7. The Hall–Kier alpha value is -5.38. The average Bonchev–Trinajstić information content (AvgIpc) is 3.01. The van der Waals surface area contributed by atoms with Gasteiger partial charge in [-0.2, -0.15) is 13.2 Å². The molecule has 2 amide bonds. The number of aromatic carboxylic acids is 2. The number of carbonyl (C=O) groups is 4. The molecule has 0 saturated heterocycles. The molecule has 0 bridgehead atoms. The second kappa shape index (κ2) is 13.3. The lowest BCUT2D eigenvalue weighted by Gasteiger charge is -2.19. The molecule has 0 heterocycles. The van der Waals surface area contributed by atoms with Gasteiger partial charge in [0.25, 0.3) is 5.91 Å². The number of carboxylic acids is 2. The van der Waals surface area contributed by atoms with E-state index in [1.165, 1.54) is 48.5 Å². The molecular formula is C30H17F7N2O6S. The molecule has 4 N–H and O–H groups in total. The van der Waals surface area contributed by atoms with Crippen molar-refractivity contribution < 1.29 is 60.1 Å². The molecule has 4 aromatic carbocycles. The number of thioether (sulfide) groups is 1. The van der Waals surface area contributed by atoms with Crippen LogP contribution < -0.4 is 10.6 Å². The van der Waals surface area contributed by atoms with Crippen LogP contribution in [-0.2, 0) is 11.0 Å². The van der Waals surface area contributed by atoms with Crippen molar-refractivity contribution in [1.82, 2.24) is 0 Å². The van der Waals surface area contributed by atoms with Crippen molar-refractivity contribution in [3.63, 3.8) is 0 Å². The van der Waals surface area contributed by atoms with Gasteiger partial charge in [-0.25, -0.2) is 27.2 Å². The minimum absolute atomic E-state index is 0.133. The minimum Gasteiger partial charge on any atom is -0.478 e. The van der Waals surface area contributed by atoms with E-state index >= 15 is 0 Å². The highest BCUT2D eigenvalue weighted by Gasteiger charge is 2.43. The zero-order valence-corrected chi connectivity index (χ0v) is 23.4. The maximum Gasteiger partial charge on any atom is 0.422 e. The van der Waals surface area contributed by atoms with E-state index in [1.807, 2.05) is 0 Å². The highest BCUT2D eigenvalue weighted by molar-refractivity contribution is 8.00. The van der Waals surface area contributed by atoms with Crippen molar-refractivity contribution in [2.75, 3.05) is 10.6 Å². The molecule has 4 rings (SSSR count). The third kappa shape index (κ3) is 7.12. The molecular weight excluding hydrogens is 649 g/mol. The lowest BCUT2D eigenvalue weighted by molar-refractivity contribution is -0.143. The van der Waals surface area contributed by atoms with Crippen LogP contribution in [0, 0.1) is 23.3 Å². The minimum atomic E-state index is -5.77. The largest absolute Gasteiger partial charge is 0.478 e. The van der Waals surface area contributed by atoms with E-state index in [0.29, 0.717) is 4.90 Å². The topological polar surface area (TPSA) is 133 Å². The average molecular weight is 667 g/mol. The first-order valence-electron chi connectivity index (χ1n) is 12.6. The molecule has 1 atom stereocenters. The number of amides is 2. The fourth-order valence-electron chi connectivity index (χ4n) is 4.08. The number of carbonyl (C=O) groups excluding carboxylic acids is 2. The Labute approximate surface area is 257 Å². The fourth-order valence-corrected chi connectivity index (χ4v) is 5.11. The summed E-state index contributed by atoms with van der Waals surface area (Å²) >= 11 is 0.761. The van der Waals surface area contributed by atoms with Gasteiger partial charge in [-0.3, -0.25) is 9.59 Å². The van der Waals surface area contributed by atoms with Crippen LogP contribution >= 0.6 is 11.8 Å². The Balaban J connectivity index is 1.58. The Morgan fingerprint density at radius 1 is 0.696 bits per heavy atom. The van der Waals surface area contributed by atoms with Crippen LogP contribution in [0.4, 0.5) is 42.1 Å². The predicted molar refractivity (Wildman–Crippen MR) is 150 cm³/mol. The maximum absolute atomic E-state index is 14.5. The lowest BCUT2D eigenvalue weighted by atomic mass is 10.0. The van der Waals surface area contributed by atoms with Crippen molar-refractivity contribution in [2.24, 2.45) is 0 Å². The van der Waals surface area contributed by atoms with E-state index < -0.39 is 75.3 Å². The zero-order chi connectivity index (χ0) is 33.9. The van der Waals surface area contributed by atoms with Gasteiger partial charge in [-0.15, -0.1) is 11.8 Å². The van der Waals surface area contributed by atoms with Gasteiger partial charge in [0.05, 0.1) is 16.7 Å². The van der Waals surface area contributed by atoms with Crippen LogP contribution in [0.3, 0.4) is 0 Å². The second-order valence-electron chi connectivity index (χ2n) is 9.25. The van der Waals surface area contributed by atoms with E-state index in [9.17, 15) is 55.0 Å². The van der Waals surface area contributed by atoms with Gasteiger partial charge in [0.2, 0.25) is 5.91 Å². The molecule has 8 nitrogen and oxygen atoms in total. The third-order valence-electron chi connectivity index (χ3n) is 6.24. The molecule has 0 aliphatic heterocycles. The summed E-state index contributed by atoms with van der Waals surface area (Å²) in [5.74, 6) is -15.5. The summed E-state index contributed by atoms with van der Waals surface area (Å²) in [6.07, 6.45) is -5.77. The van der Waals surface area contributed by atoms with Crippen molar-refractivity contribution >= 4 is 46.9 Å². The molecule has 0 fully saturated rings. The highest BCUT2D eigenvalue weighted by Crippen LogP contribution is 2.40. The number of benzene rings is 4. The third-order valence-corrected chi connectivity index (χ3v) is 7.51. The van der Waals surface area contributed by atoms with Gasteiger partial charge >= 0.3 is 18.1 Å². The monoisotopic (exact) mass is 666 g/mol. The number of hydrogen-bond donors (Lipinski definition) is 4. The van der Waals surface area contributed by atoms with Crippen LogP contribution in [0.1, 0.15) is 47.5 Å². The summed E-state index contributed by atoms with van der Waals surface area (Å²) in [6, 6.07) is 15.8. The molecule has 0 saturated carbocycles. The van der Waals surface area contributed by atoms with Crippen molar-refractivity contribution in [3.8, 4) is 0 Å². The summed E-state index contributed by atoms with van der Waals surface area (Å²) < 4.78 is 96.1. The number of rotatable bonds is 9. The van der Waals surface area contributed by atoms with Crippen LogP contribution in [0.2, 0.25) is 0 Å². The van der Waals surface area contributed by atoms with E-state index in [0.717, 1.165) is 30.0 Å². The number of hydrogen-bond acceptors (Lipinski definition) is 5. The zero-order valence-electron chi connectivity index (χ0n) is 22.6. The van der Waals surface area contributed by atoms with Crippen LogP contribution in [0.25, 0.3) is 0 Å². The Morgan fingerprint density at radius 2 is 1.28 bits per heavy atom. The molecule has 0 aromatic heterocycles. The number of carboxylic acid groups (broad SMARTS) is 2. The first kappa shape index (κ1) is 33.5. The summed E-state index contributed by atoms with van der Waals surface area (Å²) in [7, 11) is 0. The summed E-state index contributed by atoms with van der Waals surface area (Å²) in [5, 5.41) is 21.2. The summed E-state index contributed by atoms with van der Waals surface area (Å²) in [6.45, 7) is 0. The Bertz CT molecular complexity index is 1820. The molecule has 0 radical (unpaired) electrons. The maximum atomic E-state index is 14.5. The standard InChI is InChI=1S/C30H17F7N2O6S/c31-20-19(30(35,36)37)21(32)23(34)24(22(20)33)39-27(41)25(13-4-2-1-3-5-13)46-16-9-7-15(8-10-16)38-26(40)17-11-6-14(28(42)43)12-18(17)29(44)45/h1-12,25H,(H,38,40)(H,39,41)(H,42,43)(H,44,45). The fraction of sp³-hybridized carbons (Fsp3) is 0.0667. The number of anilines is 2. The van der Waals surface area contributed by atoms with Crippen LogP contribution in [0.5, 0.6) is 0 Å². The SMILES string of the molecule is O=C(O)c1ccc(C(=O)Nc2ccc(SC(C(=O)Nc3c(F)c(F)c(C(F)(F)F)c(F)c3F)c3ccccc3)cc2)c(C(=O)O)c1. The molecule has 0 aliphatic rings. The van der Waals surface area contributed by atoms with E-state index in [2.05, 4.69) is 5.32 Å². The number of alkyl halides is 3. The van der Waals surface area contributed by atoms with E-state index in [4.69, 9.17) is 5.11 Å². The van der Waals surface area contributed by atoms with Crippen LogP contribution in [-0.4, -0.2) is 34.0 Å². The van der Waals surface area contributed by atoms with Crippen molar-refractivity contribution in [2.45, 2.75) is 16.3 Å². The summed E-state index contributed by atoms with van der Waals surface area (Å²) in [5.41, 5.74) is -5.46. The van der Waals surface area contributed by atoms with Crippen LogP contribution in [0.15, 0.2) is 77.7 Å².